The number of halogens is 3. The van der Waals surface area contributed by atoms with Crippen molar-refractivity contribution < 1.29 is 13.2 Å². The number of imidazole rings is 1. The van der Waals surface area contributed by atoms with Crippen molar-refractivity contribution in [1.29, 1.82) is 10.5 Å². The summed E-state index contributed by atoms with van der Waals surface area (Å²) in [5, 5.41) is 19.6. The monoisotopic (exact) mass is 511 g/mol. The van der Waals surface area contributed by atoms with E-state index in [1.54, 1.807) is 78.8 Å². The summed E-state index contributed by atoms with van der Waals surface area (Å²) in [6.07, 6.45) is 0.644. The summed E-state index contributed by atoms with van der Waals surface area (Å²) in [6, 6.07) is 16.2. The van der Waals surface area contributed by atoms with Crippen molar-refractivity contribution in [3.05, 3.63) is 83.9 Å². The molecule has 188 valence electrons. The van der Waals surface area contributed by atoms with Crippen molar-refractivity contribution in [2.24, 2.45) is 12.0 Å². The number of pyridine rings is 2. The van der Waals surface area contributed by atoms with Gasteiger partial charge >= 0.3 is 6.18 Å². The first-order valence-corrected chi connectivity index (χ1v) is 11.5. The van der Waals surface area contributed by atoms with Gasteiger partial charge in [0.15, 0.2) is 0 Å². The first kappa shape index (κ1) is 24.7. The number of hydrogen-bond donors (Lipinski definition) is 0. The van der Waals surface area contributed by atoms with Crippen LogP contribution in [0, 0.1) is 22.8 Å². The van der Waals surface area contributed by atoms with Gasteiger partial charge in [-0.1, -0.05) is 18.2 Å². The lowest BCUT2D eigenvalue weighted by Gasteiger charge is -2.15. The number of rotatable bonds is 3. The molecule has 3 heterocycles. The zero-order valence-electron chi connectivity index (χ0n) is 20.6. The van der Waals surface area contributed by atoms with Crippen LogP contribution < -0.4 is 5.62 Å². The van der Waals surface area contributed by atoms with Crippen LogP contribution in [-0.4, -0.2) is 19.1 Å². The van der Waals surface area contributed by atoms with E-state index in [4.69, 9.17) is 0 Å². The van der Waals surface area contributed by atoms with E-state index in [0.717, 1.165) is 12.1 Å². The smallest absolute Gasteiger partial charge is 0.311 e. The Labute approximate surface area is 215 Å². The van der Waals surface area contributed by atoms with E-state index in [1.807, 2.05) is 6.19 Å². The number of aryl methyl sites for hydroxylation is 1. The lowest BCUT2D eigenvalue weighted by molar-refractivity contribution is -0.137. The van der Waals surface area contributed by atoms with Gasteiger partial charge < -0.3 is 4.57 Å². The van der Waals surface area contributed by atoms with Gasteiger partial charge in [-0.15, -0.1) is 4.99 Å². The van der Waals surface area contributed by atoms with E-state index in [0.29, 0.717) is 50.1 Å². The molecule has 0 radical (unpaired) electrons. The average molecular weight is 512 g/mol. The summed E-state index contributed by atoms with van der Waals surface area (Å²) in [4.78, 5) is 13.1. The summed E-state index contributed by atoms with van der Waals surface area (Å²) >= 11 is 0. The molecule has 38 heavy (non-hydrogen) atoms. The highest BCUT2D eigenvalue weighted by atomic mass is 19.4. The second kappa shape index (κ2) is 8.86. The van der Waals surface area contributed by atoms with Gasteiger partial charge in [0.05, 0.1) is 57.4 Å². The van der Waals surface area contributed by atoms with Gasteiger partial charge in [0, 0.05) is 12.4 Å². The van der Waals surface area contributed by atoms with Crippen LogP contribution in [0.5, 0.6) is 0 Å². The summed E-state index contributed by atoms with van der Waals surface area (Å²) < 4.78 is 43.5. The number of nitriles is 2. The molecule has 3 aromatic heterocycles. The van der Waals surface area contributed by atoms with E-state index in [-0.39, 0.29) is 0 Å². The zero-order chi connectivity index (χ0) is 27.2. The number of benzene rings is 2. The molecule has 0 unspecified atom stereocenters. The Morgan fingerprint density at radius 3 is 2.34 bits per heavy atom. The van der Waals surface area contributed by atoms with Crippen LogP contribution in [0.4, 0.5) is 13.2 Å². The molecule has 0 spiro atoms. The maximum atomic E-state index is 13.4. The third kappa shape index (κ3) is 4.06. The van der Waals surface area contributed by atoms with Crippen LogP contribution in [0.15, 0.2) is 72.0 Å². The van der Waals surface area contributed by atoms with Gasteiger partial charge in [0.25, 0.3) is 0 Å². The Kier molecular flexibility index (Phi) is 5.76. The number of fused-ring (bicyclic) bond motifs is 3. The molecule has 0 amide bonds. The molecule has 0 saturated carbocycles. The lowest BCUT2D eigenvalue weighted by atomic mass is 9.91. The van der Waals surface area contributed by atoms with E-state index in [2.05, 4.69) is 21.0 Å². The fourth-order valence-electron chi connectivity index (χ4n) is 4.42. The van der Waals surface area contributed by atoms with Gasteiger partial charge in [-0.25, -0.2) is 0 Å². The van der Waals surface area contributed by atoms with Crippen LogP contribution in [0.25, 0.3) is 38.8 Å². The highest BCUT2D eigenvalue weighted by molar-refractivity contribution is 6.04. The Morgan fingerprint density at radius 2 is 1.68 bits per heavy atom. The predicted octanol–water partition coefficient (Wildman–Crippen LogP) is 5.78. The third-order valence-electron chi connectivity index (χ3n) is 6.50. The molecule has 5 aromatic rings. The highest BCUT2D eigenvalue weighted by Crippen LogP contribution is 2.34. The van der Waals surface area contributed by atoms with Crippen LogP contribution in [0.3, 0.4) is 0 Å². The quantitative estimate of drug-likeness (QED) is 0.287. The Bertz CT molecular complexity index is 1860. The van der Waals surface area contributed by atoms with E-state index in [1.165, 1.54) is 6.07 Å². The molecule has 0 bridgehead atoms. The Hall–Kier alpha value is -4.96. The Morgan fingerprint density at radius 1 is 0.921 bits per heavy atom. The molecule has 0 atom stereocenters. The van der Waals surface area contributed by atoms with E-state index in [9.17, 15) is 23.7 Å². The molecule has 2 aromatic carbocycles. The molecule has 0 saturated heterocycles. The summed E-state index contributed by atoms with van der Waals surface area (Å²) in [5.74, 6) is 0. The van der Waals surface area contributed by atoms with Gasteiger partial charge in [0.2, 0.25) is 11.8 Å². The second-order valence-electron chi connectivity index (χ2n) is 9.35. The van der Waals surface area contributed by atoms with Gasteiger partial charge in [-0.05, 0) is 61.4 Å². The maximum absolute atomic E-state index is 13.4. The fourth-order valence-corrected chi connectivity index (χ4v) is 4.42. The normalized spacial score (nSPS) is 12.6. The van der Waals surface area contributed by atoms with Crippen molar-refractivity contribution in [2.45, 2.75) is 25.4 Å². The van der Waals surface area contributed by atoms with E-state index < -0.39 is 17.2 Å². The van der Waals surface area contributed by atoms with Crippen molar-refractivity contribution in [1.82, 2.24) is 19.1 Å². The van der Waals surface area contributed by atoms with Crippen molar-refractivity contribution >= 4 is 21.9 Å². The molecule has 0 aliphatic heterocycles. The van der Waals surface area contributed by atoms with Gasteiger partial charge in [-0.3, -0.25) is 14.5 Å². The van der Waals surface area contributed by atoms with Crippen molar-refractivity contribution in [3.8, 4) is 29.1 Å². The van der Waals surface area contributed by atoms with Gasteiger partial charge in [-0.2, -0.15) is 23.7 Å². The zero-order valence-corrected chi connectivity index (χ0v) is 20.6. The highest BCUT2D eigenvalue weighted by Gasteiger charge is 2.30. The van der Waals surface area contributed by atoms with Crippen molar-refractivity contribution in [2.75, 3.05) is 0 Å². The predicted molar refractivity (Wildman–Crippen MR) is 136 cm³/mol. The number of hydrogen-bond acceptors (Lipinski definition) is 5. The molecule has 0 aliphatic rings. The minimum Gasteiger partial charge on any atom is -0.311 e. The first-order valence-electron chi connectivity index (χ1n) is 11.5. The van der Waals surface area contributed by atoms with Crippen LogP contribution in [0.2, 0.25) is 0 Å². The summed E-state index contributed by atoms with van der Waals surface area (Å²) in [5.41, 5.74) is 2.90. The average Bonchev–Trinajstić information content (AvgIpc) is 3.20. The van der Waals surface area contributed by atoms with Crippen LogP contribution >= 0.6 is 0 Å². The standard InChI is InChI=1S/C28H20F3N7/c1-27(2,15-32)24-10-8-20(13-35-24)38-25-21-12-18(17-5-4-6-19(11-17)28(29,30)31)7-9-22(21)34-14-23(25)37(3)26(38)36-16-33/h4-14H,1-3H3/b36-26-. The summed E-state index contributed by atoms with van der Waals surface area (Å²) in [6.45, 7) is 3.54. The van der Waals surface area contributed by atoms with Crippen molar-refractivity contribution in [3.63, 3.8) is 0 Å². The molecule has 10 heteroatoms. The third-order valence-corrected chi connectivity index (χ3v) is 6.50. The SMILES string of the molecule is Cn1/c(=N/C#N)n(-c2ccc(C(C)(C)C#N)nc2)c2c3cc(-c4cccc(C(F)(F)F)c4)ccc3ncc21. The molecule has 7 nitrogen and oxygen atoms in total. The summed E-state index contributed by atoms with van der Waals surface area (Å²) in [7, 11) is 1.75. The largest absolute Gasteiger partial charge is 0.416 e. The minimum absolute atomic E-state index is 0.315. The number of aromatic nitrogens is 4. The molecule has 5 rings (SSSR count). The van der Waals surface area contributed by atoms with Crippen LogP contribution in [-0.2, 0) is 18.6 Å². The molecule has 0 aliphatic carbocycles. The molecule has 0 fully saturated rings. The van der Waals surface area contributed by atoms with E-state index >= 15 is 0 Å². The Balaban J connectivity index is 1.81. The molecule has 0 N–H and O–H groups in total. The lowest BCUT2D eigenvalue weighted by Crippen LogP contribution is -2.23. The van der Waals surface area contributed by atoms with Crippen LogP contribution in [0.1, 0.15) is 25.1 Å². The molecular formula is C28H20F3N7. The first-order chi connectivity index (χ1) is 18.0. The topological polar surface area (TPSA) is 95.6 Å². The fraction of sp³-hybridized carbons (Fsp3) is 0.179. The number of nitrogens with zero attached hydrogens (tertiary/aromatic N) is 7. The molecular weight excluding hydrogens is 491 g/mol. The second-order valence-corrected chi connectivity index (χ2v) is 9.35. The minimum atomic E-state index is -4.46. The van der Waals surface area contributed by atoms with Gasteiger partial charge in [0.1, 0.15) is 0 Å². The maximum Gasteiger partial charge on any atom is 0.416 e. The number of alkyl halides is 3.